The Morgan fingerprint density at radius 2 is 1.33 bits per heavy atom. The van der Waals surface area contributed by atoms with Gasteiger partial charge in [0, 0.05) is 0 Å². The van der Waals surface area contributed by atoms with Crippen LogP contribution in [0.5, 0.6) is 11.5 Å². The summed E-state index contributed by atoms with van der Waals surface area (Å²) < 4.78 is 10.7. The molecule has 18 heavy (non-hydrogen) atoms. The van der Waals surface area contributed by atoms with Crippen molar-refractivity contribution < 1.29 is 14.0 Å². The monoisotopic (exact) mass is 286 g/mol. The van der Waals surface area contributed by atoms with Crippen LogP contribution in [-0.4, -0.2) is 28.9 Å². The molecule has 0 aliphatic heterocycles. The van der Waals surface area contributed by atoms with Crippen molar-refractivity contribution in [2.24, 2.45) is 0 Å². The molecule has 0 unspecified atom stereocenters. The summed E-state index contributed by atoms with van der Waals surface area (Å²) in [5.74, 6) is 0.692. The number of hydrogen-bond acceptors (Lipinski definition) is 3. The Balaban J connectivity index is 0.000000321. The Bertz CT molecular complexity index is 342. The molecule has 0 bridgehead atoms. The minimum atomic E-state index is -1.23. The van der Waals surface area contributed by atoms with Crippen LogP contribution >= 0.6 is 0 Å². The standard InChI is InChI=1S/C7H8O2.C6H18OSi2/c1-9-7-5-3-2-4-6(7)8;1-8(2,3)7-9(4,5)6/h2-5,8H,1H3;1-6H3. The largest absolute Gasteiger partial charge is 0.504 e. The van der Waals surface area contributed by atoms with Gasteiger partial charge in [-0.3, -0.25) is 0 Å². The molecule has 0 aliphatic rings. The predicted molar refractivity (Wildman–Crippen MR) is 82.4 cm³/mol. The van der Waals surface area contributed by atoms with E-state index in [1.807, 2.05) is 0 Å². The van der Waals surface area contributed by atoms with E-state index in [9.17, 15) is 0 Å². The first-order chi connectivity index (χ1) is 8.05. The Hall–Kier alpha value is -0.786. The smallest absolute Gasteiger partial charge is 0.170 e. The van der Waals surface area contributed by atoms with Gasteiger partial charge >= 0.3 is 0 Å². The molecule has 3 nitrogen and oxygen atoms in total. The number of para-hydroxylation sites is 2. The molecule has 1 N–H and O–H groups in total. The summed E-state index contributed by atoms with van der Waals surface area (Å²) in [7, 11) is -0.939. The summed E-state index contributed by atoms with van der Waals surface area (Å²) in [6, 6.07) is 6.84. The lowest BCUT2D eigenvalue weighted by Gasteiger charge is -2.27. The summed E-state index contributed by atoms with van der Waals surface area (Å²) in [4.78, 5) is 0. The highest BCUT2D eigenvalue weighted by molar-refractivity contribution is 6.83. The number of phenolic OH excluding ortho intramolecular Hbond substituents is 1. The van der Waals surface area contributed by atoms with Gasteiger partial charge in [0.25, 0.3) is 0 Å². The number of hydrogen-bond donors (Lipinski definition) is 1. The Kier molecular flexibility index (Phi) is 6.66. The van der Waals surface area contributed by atoms with Gasteiger partial charge in [0.05, 0.1) is 7.11 Å². The molecule has 1 aromatic rings. The lowest BCUT2D eigenvalue weighted by molar-refractivity contribution is 0.373. The van der Waals surface area contributed by atoms with Crippen molar-refractivity contribution >= 4 is 16.6 Å². The van der Waals surface area contributed by atoms with Gasteiger partial charge in [0.1, 0.15) is 0 Å². The number of benzene rings is 1. The molecule has 0 radical (unpaired) electrons. The second-order valence-corrected chi connectivity index (χ2v) is 15.3. The summed E-state index contributed by atoms with van der Waals surface area (Å²) in [5, 5.41) is 8.99. The molecule has 0 aromatic heterocycles. The maximum Gasteiger partial charge on any atom is 0.170 e. The molecular weight excluding hydrogens is 260 g/mol. The zero-order valence-corrected chi connectivity index (χ0v) is 14.6. The fraction of sp³-hybridized carbons (Fsp3) is 0.538. The van der Waals surface area contributed by atoms with Gasteiger partial charge in [-0.25, -0.2) is 0 Å². The zero-order chi connectivity index (χ0) is 14.4. The van der Waals surface area contributed by atoms with Crippen LogP contribution in [0, 0.1) is 0 Å². The third-order valence-electron chi connectivity index (χ3n) is 1.70. The van der Waals surface area contributed by atoms with Crippen molar-refractivity contribution in [2.45, 2.75) is 39.3 Å². The normalized spacial score (nSPS) is 11.5. The third kappa shape index (κ3) is 9.27. The molecule has 0 saturated carbocycles. The van der Waals surface area contributed by atoms with Crippen molar-refractivity contribution in [3.05, 3.63) is 24.3 Å². The number of methoxy groups -OCH3 is 1. The Morgan fingerprint density at radius 1 is 0.889 bits per heavy atom. The van der Waals surface area contributed by atoms with Crippen LogP contribution in [0.2, 0.25) is 39.3 Å². The van der Waals surface area contributed by atoms with Crippen LogP contribution in [-0.2, 0) is 4.12 Å². The van der Waals surface area contributed by atoms with E-state index in [2.05, 4.69) is 39.3 Å². The number of ether oxygens (including phenoxy) is 1. The van der Waals surface area contributed by atoms with Crippen molar-refractivity contribution in [3.8, 4) is 11.5 Å². The van der Waals surface area contributed by atoms with Crippen LogP contribution < -0.4 is 4.74 Å². The lowest BCUT2D eigenvalue weighted by Crippen LogP contribution is -2.39. The van der Waals surface area contributed by atoms with Gasteiger partial charge in [-0.1, -0.05) is 12.1 Å². The predicted octanol–water partition coefficient (Wildman–Crippen LogP) is 4.07. The van der Waals surface area contributed by atoms with E-state index in [1.54, 1.807) is 24.3 Å². The summed E-state index contributed by atoms with van der Waals surface area (Å²) in [5.41, 5.74) is 0. The fourth-order valence-corrected chi connectivity index (χ4v) is 8.90. The molecule has 1 rings (SSSR count). The lowest BCUT2D eigenvalue weighted by atomic mass is 10.3. The summed E-state index contributed by atoms with van der Waals surface area (Å²) in [6.07, 6.45) is 0. The van der Waals surface area contributed by atoms with Gasteiger partial charge in [0.2, 0.25) is 0 Å². The van der Waals surface area contributed by atoms with Crippen molar-refractivity contribution in [2.75, 3.05) is 7.11 Å². The second kappa shape index (κ2) is 6.96. The van der Waals surface area contributed by atoms with Gasteiger partial charge in [0.15, 0.2) is 28.1 Å². The van der Waals surface area contributed by atoms with Crippen LogP contribution in [0.3, 0.4) is 0 Å². The van der Waals surface area contributed by atoms with E-state index in [4.69, 9.17) is 14.0 Å². The minimum absolute atomic E-state index is 0.181. The first-order valence-corrected chi connectivity index (χ1v) is 12.9. The molecule has 104 valence electrons. The van der Waals surface area contributed by atoms with E-state index in [0.717, 1.165) is 0 Å². The van der Waals surface area contributed by atoms with E-state index in [0.29, 0.717) is 5.75 Å². The highest BCUT2D eigenvalue weighted by atomic mass is 28.4. The topological polar surface area (TPSA) is 38.7 Å². The van der Waals surface area contributed by atoms with Gasteiger partial charge in [-0.05, 0) is 51.4 Å². The highest BCUT2D eigenvalue weighted by Crippen LogP contribution is 2.23. The van der Waals surface area contributed by atoms with Crippen LogP contribution in [0.15, 0.2) is 24.3 Å². The fourth-order valence-electron chi connectivity index (χ4n) is 1.55. The molecule has 0 spiro atoms. The SMILES string of the molecule is COc1ccccc1O.C[Si](C)(C)O[Si](C)(C)C. The molecule has 0 heterocycles. The molecule has 0 atom stereocenters. The number of rotatable bonds is 3. The Morgan fingerprint density at radius 3 is 1.56 bits per heavy atom. The van der Waals surface area contributed by atoms with E-state index in [1.165, 1.54) is 7.11 Å². The molecule has 0 amide bonds. The average Bonchev–Trinajstić information content (AvgIpc) is 2.13. The van der Waals surface area contributed by atoms with Crippen molar-refractivity contribution in [3.63, 3.8) is 0 Å². The quantitative estimate of drug-likeness (QED) is 0.851. The van der Waals surface area contributed by atoms with E-state index in [-0.39, 0.29) is 5.75 Å². The maximum absolute atomic E-state index is 8.99. The number of phenols is 1. The van der Waals surface area contributed by atoms with Crippen molar-refractivity contribution in [1.82, 2.24) is 0 Å². The van der Waals surface area contributed by atoms with Crippen molar-refractivity contribution in [1.29, 1.82) is 0 Å². The second-order valence-electron chi connectivity index (χ2n) is 6.00. The van der Waals surface area contributed by atoms with E-state index < -0.39 is 16.6 Å². The average molecular weight is 287 g/mol. The first-order valence-electron chi connectivity index (χ1n) is 6.07. The van der Waals surface area contributed by atoms with Crippen LogP contribution in [0.4, 0.5) is 0 Å². The molecule has 1 aromatic carbocycles. The van der Waals surface area contributed by atoms with Gasteiger partial charge in [-0.15, -0.1) is 0 Å². The number of aromatic hydroxyl groups is 1. The molecule has 0 aliphatic carbocycles. The van der Waals surface area contributed by atoms with Crippen LogP contribution in [0.25, 0.3) is 0 Å². The molecular formula is C13H26O3Si2. The minimum Gasteiger partial charge on any atom is -0.504 e. The van der Waals surface area contributed by atoms with E-state index >= 15 is 0 Å². The molecule has 5 heteroatoms. The molecule has 0 fully saturated rings. The van der Waals surface area contributed by atoms with Crippen LogP contribution in [0.1, 0.15) is 0 Å². The molecule has 0 saturated heterocycles. The third-order valence-corrected chi connectivity index (χ3v) is 6.60. The van der Waals surface area contributed by atoms with Gasteiger partial charge in [-0.2, -0.15) is 0 Å². The zero-order valence-electron chi connectivity index (χ0n) is 12.6. The van der Waals surface area contributed by atoms with Gasteiger partial charge < -0.3 is 14.0 Å². The maximum atomic E-state index is 8.99. The first kappa shape index (κ1) is 17.2. The highest BCUT2D eigenvalue weighted by Gasteiger charge is 2.24. The Labute approximate surface area is 113 Å². The summed E-state index contributed by atoms with van der Waals surface area (Å²) >= 11 is 0. The summed E-state index contributed by atoms with van der Waals surface area (Å²) in [6.45, 7) is 13.4.